The van der Waals surface area contributed by atoms with E-state index in [-0.39, 0.29) is 11.9 Å². The van der Waals surface area contributed by atoms with Crippen LogP contribution in [0.5, 0.6) is 0 Å². The highest BCUT2D eigenvalue weighted by molar-refractivity contribution is 9.10. The molecule has 0 bridgehead atoms. The fraction of sp³-hybridized carbons (Fsp3) is 0.600. The summed E-state index contributed by atoms with van der Waals surface area (Å²) in [4.78, 5) is 2.42. The number of piperidine rings is 1. The van der Waals surface area contributed by atoms with E-state index in [1.807, 2.05) is 12.1 Å². The standard InChI is InChI=1S/C15H22BrFN2/c1-11(14-6-5-12(16)10-15(14)17)19-9-3-2-4-13(19)7-8-18/h5-6,10-11,13H,2-4,7-9,18H2,1H3. The third-order valence-electron chi connectivity index (χ3n) is 4.08. The molecule has 2 rings (SSSR count). The van der Waals surface area contributed by atoms with Gasteiger partial charge in [0.15, 0.2) is 0 Å². The lowest BCUT2D eigenvalue weighted by molar-refractivity contribution is 0.0966. The van der Waals surface area contributed by atoms with Gasteiger partial charge in [-0.05, 0) is 51.4 Å². The van der Waals surface area contributed by atoms with E-state index in [4.69, 9.17) is 5.73 Å². The molecule has 2 nitrogen and oxygen atoms in total. The average molecular weight is 329 g/mol. The maximum Gasteiger partial charge on any atom is 0.129 e. The van der Waals surface area contributed by atoms with Crippen LogP contribution in [0.1, 0.15) is 44.2 Å². The summed E-state index contributed by atoms with van der Waals surface area (Å²) >= 11 is 3.31. The summed E-state index contributed by atoms with van der Waals surface area (Å²) in [5.74, 6) is -0.126. The zero-order chi connectivity index (χ0) is 13.8. The smallest absolute Gasteiger partial charge is 0.129 e. The molecule has 0 saturated carbocycles. The molecule has 1 aromatic rings. The molecule has 106 valence electrons. The summed E-state index contributed by atoms with van der Waals surface area (Å²) in [6.45, 7) is 3.85. The number of halogens is 2. The third kappa shape index (κ3) is 3.56. The molecule has 1 fully saturated rings. The number of nitrogens with two attached hydrogens (primary N) is 1. The fourth-order valence-electron chi connectivity index (χ4n) is 3.05. The van der Waals surface area contributed by atoms with E-state index in [1.54, 1.807) is 6.07 Å². The van der Waals surface area contributed by atoms with E-state index in [0.717, 1.165) is 23.0 Å². The Labute approximate surface area is 123 Å². The maximum absolute atomic E-state index is 14.1. The van der Waals surface area contributed by atoms with E-state index in [0.29, 0.717) is 12.6 Å². The molecule has 2 atom stereocenters. The van der Waals surface area contributed by atoms with Gasteiger partial charge in [0.25, 0.3) is 0 Å². The van der Waals surface area contributed by atoms with Crippen molar-refractivity contribution in [2.45, 2.75) is 44.7 Å². The minimum Gasteiger partial charge on any atom is -0.330 e. The third-order valence-corrected chi connectivity index (χ3v) is 4.58. The van der Waals surface area contributed by atoms with Gasteiger partial charge < -0.3 is 5.73 Å². The van der Waals surface area contributed by atoms with Gasteiger partial charge in [-0.25, -0.2) is 4.39 Å². The molecule has 1 aromatic carbocycles. The van der Waals surface area contributed by atoms with Gasteiger partial charge in [-0.3, -0.25) is 4.90 Å². The molecule has 19 heavy (non-hydrogen) atoms. The van der Waals surface area contributed by atoms with Gasteiger partial charge in [-0.1, -0.05) is 28.4 Å². The first-order valence-corrected chi connectivity index (χ1v) is 7.83. The highest BCUT2D eigenvalue weighted by Gasteiger charge is 2.27. The van der Waals surface area contributed by atoms with Gasteiger partial charge in [-0.2, -0.15) is 0 Å². The van der Waals surface area contributed by atoms with Crippen LogP contribution < -0.4 is 5.73 Å². The monoisotopic (exact) mass is 328 g/mol. The van der Waals surface area contributed by atoms with Crippen molar-refractivity contribution in [1.82, 2.24) is 4.90 Å². The van der Waals surface area contributed by atoms with E-state index < -0.39 is 0 Å². The molecule has 0 amide bonds. The Morgan fingerprint density at radius 2 is 2.26 bits per heavy atom. The number of likely N-dealkylation sites (tertiary alicyclic amines) is 1. The molecule has 4 heteroatoms. The Morgan fingerprint density at radius 1 is 1.47 bits per heavy atom. The van der Waals surface area contributed by atoms with Gasteiger partial charge in [0, 0.05) is 22.1 Å². The zero-order valence-electron chi connectivity index (χ0n) is 11.4. The Balaban J connectivity index is 2.18. The normalized spacial score (nSPS) is 22.4. The van der Waals surface area contributed by atoms with Crippen LogP contribution in [0.2, 0.25) is 0 Å². The lowest BCUT2D eigenvalue weighted by Gasteiger charge is -2.40. The molecular weight excluding hydrogens is 307 g/mol. The summed E-state index contributed by atoms with van der Waals surface area (Å²) in [5, 5.41) is 0. The lowest BCUT2D eigenvalue weighted by Crippen LogP contribution is -2.42. The van der Waals surface area contributed by atoms with Gasteiger partial charge in [0.1, 0.15) is 5.82 Å². The summed E-state index contributed by atoms with van der Waals surface area (Å²) in [5.41, 5.74) is 6.49. The quantitative estimate of drug-likeness (QED) is 0.909. The second-order valence-electron chi connectivity index (χ2n) is 5.31. The van der Waals surface area contributed by atoms with E-state index >= 15 is 0 Å². The number of benzene rings is 1. The maximum atomic E-state index is 14.1. The van der Waals surface area contributed by atoms with Crippen molar-refractivity contribution >= 4 is 15.9 Å². The van der Waals surface area contributed by atoms with E-state index in [9.17, 15) is 4.39 Å². The van der Waals surface area contributed by atoms with Crippen LogP contribution in [0.4, 0.5) is 4.39 Å². The van der Waals surface area contributed by atoms with Crippen molar-refractivity contribution < 1.29 is 4.39 Å². The van der Waals surface area contributed by atoms with Crippen molar-refractivity contribution in [1.29, 1.82) is 0 Å². The predicted octanol–water partition coefficient (Wildman–Crippen LogP) is 3.85. The second-order valence-corrected chi connectivity index (χ2v) is 6.22. The van der Waals surface area contributed by atoms with Gasteiger partial charge in [-0.15, -0.1) is 0 Å². The molecule has 0 aliphatic carbocycles. The summed E-state index contributed by atoms with van der Waals surface area (Å²) in [7, 11) is 0. The molecule has 1 saturated heterocycles. The van der Waals surface area contributed by atoms with Crippen LogP contribution in [0.25, 0.3) is 0 Å². The molecule has 1 aliphatic rings. The van der Waals surface area contributed by atoms with Crippen LogP contribution in [0.15, 0.2) is 22.7 Å². The average Bonchev–Trinajstić information content (AvgIpc) is 2.39. The summed E-state index contributed by atoms with van der Waals surface area (Å²) in [6, 6.07) is 5.96. The van der Waals surface area contributed by atoms with Crippen LogP contribution in [0.3, 0.4) is 0 Å². The molecule has 2 unspecified atom stereocenters. The predicted molar refractivity (Wildman–Crippen MR) is 80.5 cm³/mol. The Bertz CT molecular complexity index is 423. The Morgan fingerprint density at radius 3 is 2.95 bits per heavy atom. The largest absolute Gasteiger partial charge is 0.330 e. The van der Waals surface area contributed by atoms with Crippen LogP contribution >= 0.6 is 15.9 Å². The van der Waals surface area contributed by atoms with Crippen LogP contribution in [-0.2, 0) is 0 Å². The first-order chi connectivity index (χ1) is 9.13. The highest BCUT2D eigenvalue weighted by Crippen LogP contribution is 2.31. The Kier molecular flexibility index (Phi) is 5.37. The number of hydrogen-bond acceptors (Lipinski definition) is 2. The molecular formula is C15H22BrFN2. The fourth-order valence-corrected chi connectivity index (χ4v) is 3.39. The van der Waals surface area contributed by atoms with Crippen LogP contribution in [0, 0.1) is 5.82 Å². The number of rotatable bonds is 4. The number of nitrogens with zero attached hydrogens (tertiary/aromatic N) is 1. The van der Waals surface area contributed by atoms with Gasteiger partial charge in [0.05, 0.1) is 0 Å². The molecule has 0 radical (unpaired) electrons. The van der Waals surface area contributed by atoms with Crippen molar-refractivity contribution in [2.24, 2.45) is 5.73 Å². The van der Waals surface area contributed by atoms with Gasteiger partial charge in [0.2, 0.25) is 0 Å². The van der Waals surface area contributed by atoms with E-state index in [2.05, 4.69) is 27.8 Å². The Hall–Kier alpha value is -0.450. The molecule has 1 aliphatic heterocycles. The lowest BCUT2D eigenvalue weighted by atomic mass is 9.95. The van der Waals surface area contributed by atoms with Crippen molar-refractivity contribution in [3.63, 3.8) is 0 Å². The van der Waals surface area contributed by atoms with Crippen molar-refractivity contribution in [2.75, 3.05) is 13.1 Å². The van der Waals surface area contributed by atoms with Crippen molar-refractivity contribution in [3.8, 4) is 0 Å². The van der Waals surface area contributed by atoms with E-state index in [1.165, 1.54) is 19.3 Å². The first kappa shape index (κ1) is 14.9. The first-order valence-electron chi connectivity index (χ1n) is 7.04. The molecule has 0 aromatic heterocycles. The SMILES string of the molecule is CC(c1ccc(Br)cc1F)N1CCCCC1CCN. The van der Waals surface area contributed by atoms with Crippen LogP contribution in [-0.4, -0.2) is 24.0 Å². The van der Waals surface area contributed by atoms with Crippen molar-refractivity contribution in [3.05, 3.63) is 34.1 Å². The summed E-state index contributed by atoms with van der Waals surface area (Å²) in [6.07, 6.45) is 4.64. The second kappa shape index (κ2) is 6.82. The van der Waals surface area contributed by atoms with Gasteiger partial charge >= 0.3 is 0 Å². The molecule has 2 N–H and O–H groups in total. The minimum atomic E-state index is -0.126. The summed E-state index contributed by atoms with van der Waals surface area (Å²) < 4.78 is 14.9. The number of hydrogen-bond donors (Lipinski definition) is 1. The minimum absolute atomic E-state index is 0.116. The molecule has 1 heterocycles. The topological polar surface area (TPSA) is 29.3 Å². The zero-order valence-corrected chi connectivity index (χ0v) is 13.0. The highest BCUT2D eigenvalue weighted by atomic mass is 79.9. The molecule has 0 spiro atoms.